The molecule has 0 saturated carbocycles. The molecule has 2 N–H and O–H groups in total. The first kappa shape index (κ1) is 15.0. The molecule has 0 aromatic rings. The Hall–Kier alpha value is -2.44. The summed E-state index contributed by atoms with van der Waals surface area (Å²) >= 11 is 0. The molecule has 2 rings (SSSR count). The molecule has 21 heavy (non-hydrogen) atoms. The molecule has 2 heterocycles. The van der Waals surface area contributed by atoms with Crippen LogP contribution in [0.25, 0.3) is 0 Å². The summed E-state index contributed by atoms with van der Waals surface area (Å²) in [6, 6.07) is -0.807. The Labute approximate surface area is 122 Å². The smallest absolute Gasteiger partial charge is 0.277 e. The molecular formula is C14H17N3O4. The highest BCUT2D eigenvalue weighted by Crippen LogP contribution is 2.21. The molecule has 112 valence electrons. The second kappa shape index (κ2) is 5.90. The minimum Gasteiger partial charge on any atom is -0.380 e. The average Bonchev–Trinajstić information content (AvgIpc) is 2.65. The van der Waals surface area contributed by atoms with Crippen molar-refractivity contribution in [1.82, 2.24) is 15.5 Å². The Bertz CT molecular complexity index is 565. The first-order valence-corrected chi connectivity index (χ1v) is 6.71. The van der Waals surface area contributed by atoms with E-state index in [9.17, 15) is 19.2 Å². The van der Waals surface area contributed by atoms with E-state index in [1.54, 1.807) is 0 Å². The third-order valence-corrected chi connectivity index (χ3v) is 3.38. The quantitative estimate of drug-likeness (QED) is 0.672. The van der Waals surface area contributed by atoms with Crippen LogP contribution >= 0.6 is 0 Å². The Morgan fingerprint density at radius 1 is 1.48 bits per heavy atom. The number of rotatable bonds is 5. The van der Waals surface area contributed by atoms with Crippen LogP contribution in [0.15, 0.2) is 24.0 Å². The topological polar surface area (TPSA) is 95.6 Å². The fourth-order valence-corrected chi connectivity index (χ4v) is 2.29. The fourth-order valence-electron chi connectivity index (χ4n) is 2.29. The van der Waals surface area contributed by atoms with Gasteiger partial charge in [0, 0.05) is 24.7 Å². The van der Waals surface area contributed by atoms with Gasteiger partial charge in [0.05, 0.1) is 0 Å². The number of nitrogens with one attached hydrogen (secondary N) is 2. The number of carbonyl (C=O) groups excluding carboxylic acids is 4. The number of ketones is 1. The molecule has 0 radical (unpaired) electrons. The van der Waals surface area contributed by atoms with Crippen LogP contribution in [-0.2, 0) is 19.2 Å². The van der Waals surface area contributed by atoms with Crippen LogP contribution in [0.4, 0.5) is 0 Å². The lowest BCUT2D eigenvalue weighted by atomic mass is 10.0. The normalized spacial score (nSPS) is 22.2. The number of hydrogen-bond donors (Lipinski definition) is 2. The Balaban J connectivity index is 2.02. The van der Waals surface area contributed by atoms with Gasteiger partial charge in [0.25, 0.3) is 11.8 Å². The number of hydrogen-bond acceptors (Lipinski definition) is 5. The molecule has 2 aliphatic heterocycles. The molecule has 0 bridgehead atoms. The van der Waals surface area contributed by atoms with E-state index >= 15 is 0 Å². The van der Waals surface area contributed by atoms with E-state index in [0.29, 0.717) is 18.5 Å². The number of amides is 3. The van der Waals surface area contributed by atoms with Gasteiger partial charge in [-0.1, -0.05) is 6.58 Å². The third-order valence-electron chi connectivity index (χ3n) is 3.38. The van der Waals surface area contributed by atoms with Gasteiger partial charge in [0.15, 0.2) is 0 Å². The Morgan fingerprint density at radius 2 is 2.19 bits per heavy atom. The van der Waals surface area contributed by atoms with Gasteiger partial charge in [0.2, 0.25) is 5.91 Å². The Morgan fingerprint density at radius 3 is 2.81 bits per heavy atom. The summed E-state index contributed by atoms with van der Waals surface area (Å²) in [7, 11) is 0. The second-order valence-electron chi connectivity index (χ2n) is 5.10. The number of nitrogens with zero attached hydrogens (tertiary/aromatic N) is 1. The van der Waals surface area contributed by atoms with Gasteiger partial charge < -0.3 is 10.6 Å². The van der Waals surface area contributed by atoms with Crippen LogP contribution in [0, 0.1) is 0 Å². The van der Waals surface area contributed by atoms with Crippen molar-refractivity contribution in [2.75, 3.05) is 6.54 Å². The lowest BCUT2D eigenvalue weighted by Gasteiger charge is -2.29. The molecule has 0 aliphatic carbocycles. The third kappa shape index (κ3) is 3.18. The van der Waals surface area contributed by atoms with E-state index < -0.39 is 23.8 Å². The van der Waals surface area contributed by atoms with Crippen LogP contribution in [0.2, 0.25) is 0 Å². The maximum atomic E-state index is 12.2. The number of carbonyl (C=O) groups is 4. The van der Waals surface area contributed by atoms with Crippen molar-refractivity contribution in [2.24, 2.45) is 0 Å². The first-order valence-electron chi connectivity index (χ1n) is 6.71. The predicted molar refractivity (Wildman–Crippen MR) is 73.5 cm³/mol. The van der Waals surface area contributed by atoms with Gasteiger partial charge in [-0.3, -0.25) is 24.1 Å². The molecule has 7 heteroatoms. The van der Waals surface area contributed by atoms with Gasteiger partial charge >= 0.3 is 0 Å². The van der Waals surface area contributed by atoms with Crippen molar-refractivity contribution >= 4 is 23.5 Å². The van der Waals surface area contributed by atoms with Crippen molar-refractivity contribution in [1.29, 1.82) is 0 Å². The predicted octanol–water partition coefficient (Wildman–Crippen LogP) is -0.400. The maximum Gasteiger partial charge on any atom is 0.277 e. The largest absolute Gasteiger partial charge is 0.380 e. The molecule has 0 aromatic carbocycles. The van der Waals surface area contributed by atoms with Crippen molar-refractivity contribution in [2.45, 2.75) is 32.2 Å². The van der Waals surface area contributed by atoms with Crippen molar-refractivity contribution in [3.8, 4) is 0 Å². The van der Waals surface area contributed by atoms with Gasteiger partial charge in [0.1, 0.15) is 17.5 Å². The highest BCUT2D eigenvalue weighted by atomic mass is 16.2. The van der Waals surface area contributed by atoms with Crippen molar-refractivity contribution < 1.29 is 19.2 Å². The molecule has 2 aliphatic rings. The maximum absolute atomic E-state index is 12.2. The molecule has 1 unspecified atom stereocenters. The van der Waals surface area contributed by atoms with E-state index in [1.807, 2.05) is 0 Å². The van der Waals surface area contributed by atoms with E-state index in [-0.39, 0.29) is 24.4 Å². The summed E-state index contributed by atoms with van der Waals surface area (Å²) in [5.41, 5.74) is 0.710. The standard InChI is InChI=1S/C14H17N3O4/c1-8-3-4-11(13(20)16-8)17-12(19)7-10(14(17)21)15-6-5-9(2)18/h7,11,15H,1,3-6H2,2H3,(H,16,20). The van der Waals surface area contributed by atoms with E-state index in [2.05, 4.69) is 17.2 Å². The molecule has 3 amide bonds. The fraction of sp³-hybridized carbons (Fsp3) is 0.429. The zero-order valence-electron chi connectivity index (χ0n) is 11.8. The minimum atomic E-state index is -0.807. The van der Waals surface area contributed by atoms with E-state index in [4.69, 9.17) is 0 Å². The van der Waals surface area contributed by atoms with Gasteiger partial charge in [-0.05, 0) is 19.8 Å². The lowest BCUT2D eigenvalue weighted by Crippen LogP contribution is -2.52. The molecular weight excluding hydrogens is 274 g/mol. The van der Waals surface area contributed by atoms with E-state index in [0.717, 1.165) is 4.90 Å². The van der Waals surface area contributed by atoms with Crippen LogP contribution in [0.5, 0.6) is 0 Å². The molecule has 1 saturated heterocycles. The van der Waals surface area contributed by atoms with Crippen LogP contribution in [-0.4, -0.2) is 41.0 Å². The Kier molecular flexibility index (Phi) is 4.21. The van der Waals surface area contributed by atoms with Gasteiger partial charge in [-0.2, -0.15) is 0 Å². The highest BCUT2D eigenvalue weighted by molar-refractivity contribution is 6.17. The molecule has 0 spiro atoms. The van der Waals surface area contributed by atoms with Crippen LogP contribution in [0.1, 0.15) is 26.2 Å². The molecule has 0 aromatic heterocycles. The van der Waals surface area contributed by atoms with Crippen molar-refractivity contribution in [3.05, 3.63) is 24.0 Å². The molecule has 7 nitrogen and oxygen atoms in total. The SMILES string of the molecule is C=C1CCC(N2C(=O)C=C(NCCC(C)=O)C2=O)C(=O)N1. The monoisotopic (exact) mass is 291 g/mol. The van der Waals surface area contributed by atoms with E-state index in [1.165, 1.54) is 13.0 Å². The minimum absolute atomic E-state index is 0.0121. The van der Waals surface area contributed by atoms with Gasteiger partial charge in [-0.25, -0.2) is 0 Å². The first-order chi connectivity index (χ1) is 9.90. The highest BCUT2D eigenvalue weighted by Gasteiger charge is 2.41. The number of imide groups is 1. The van der Waals surface area contributed by atoms with Crippen molar-refractivity contribution in [3.63, 3.8) is 0 Å². The lowest BCUT2D eigenvalue weighted by molar-refractivity contribution is -0.146. The van der Waals surface area contributed by atoms with Crippen LogP contribution < -0.4 is 10.6 Å². The molecule has 1 fully saturated rings. The zero-order valence-corrected chi connectivity index (χ0v) is 11.8. The summed E-state index contributed by atoms with van der Waals surface area (Å²) in [4.78, 5) is 47.9. The van der Waals surface area contributed by atoms with Crippen LogP contribution in [0.3, 0.4) is 0 Å². The number of allylic oxidation sites excluding steroid dienone is 1. The summed E-state index contributed by atoms with van der Waals surface area (Å²) in [6.45, 7) is 5.39. The summed E-state index contributed by atoms with van der Waals surface area (Å²) < 4.78 is 0. The zero-order chi connectivity index (χ0) is 15.6. The molecule has 1 atom stereocenters. The number of piperidine rings is 1. The summed E-state index contributed by atoms with van der Waals surface area (Å²) in [5, 5.41) is 5.32. The summed E-state index contributed by atoms with van der Waals surface area (Å²) in [5.74, 6) is -1.46. The second-order valence-corrected chi connectivity index (χ2v) is 5.10. The van der Waals surface area contributed by atoms with Gasteiger partial charge in [-0.15, -0.1) is 0 Å². The summed E-state index contributed by atoms with van der Waals surface area (Å²) in [6.07, 6.45) is 2.33. The number of Topliss-reactive ketones (excluding diaryl/α,β-unsaturated/α-hetero) is 1. The average molecular weight is 291 g/mol.